The Balaban J connectivity index is 3.77. The molecule has 1 unspecified atom stereocenters. The van der Waals surface area contributed by atoms with Gasteiger partial charge in [0.05, 0.1) is 0 Å². The molecule has 0 saturated carbocycles. The maximum absolute atomic E-state index is 12.5. The molecule has 0 aliphatic heterocycles. The third-order valence-electron chi connectivity index (χ3n) is 0.958. The molecule has 1 atom stereocenters. The van der Waals surface area contributed by atoms with Crippen LogP contribution in [-0.4, -0.2) is 6.04 Å². The summed E-state index contributed by atoms with van der Waals surface area (Å²) < 4.78 is 12.5. The smallest absolute Gasteiger partial charge is 0.118 e. The van der Waals surface area contributed by atoms with Gasteiger partial charge < -0.3 is 5.73 Å². The van der Waals surface area contributed by atoms with Gasteiger partial charge in [0.1, 0.15) is 5.83 Å². The molecule has 10 heavy (non-hydrogen) atoms. The van der Waals surface area contributed by atoms with Crippen LogP contribution in [0.4, 0.5) is 4.39 Å². The quantitative estimate of drug-likeness (QED) is 0.602. The van der Waals surface area contributed by atoms with E-state index >= 15 is 0 Å². The van der Waals surface area contributed by atoms with E-state index in [4.69, 9.17) is 5.73 Å². The lowest BCUT2D eigenvalue weighted by atomic mass is 10.3. The van der Waals surface area contributed by atoms with E-state index in [1.54, 1.807) is 13.0 Å². The topological polar surface area (TPSA) is 26.0 Å². The Labute approximate surface area is 61.4 Å². The first-order chi connectivity index (χ1) is 4.66. The maximum Gasteiger partial charge on any atom is 0.118 e. The number of rotatable bonds is 3. The number of halogens is 1. The lowest BCUT2D eigenvalue weighted by molar-refractivity contribution is 0.659. The summed E-state index contributed by atoms with van der Waals surface area (Å²) in [6.07, 6.45) is 5.25. The van der Waals surface area contributed by atoms with Gasteiger partial charge >= 0.3 is 0 Å². The molecule has 0 radical (unpaired) electrons. The van der Waals surface area contributed by atoms with E-state index in [-0.39, 0.29) is 11.9 Å². The molecule has 0 aliphatic carbocycles. The third kappa shape index (κ3) is 5.51. The summed E-state index contributed by atoms with van der Waals surface area (Å²) in [5, 5.41) is 0. The number of hydrogen-bond donors (Lipinski definition) is 1. The van der Waals surface area contributed by atoms with Crippen molar-refractivity contribution in [2.24, 2.45) is 5.73 Å². The highest BCUT2D eigenvalue weighted by atomic mass is 19.1. The van der Waals surface area contributed by atoms with Crippen LogP contribution in [0.15, 0.2) is 24.1 Å². The van der Waals surface area contributed by atoms with Gasteiger partial charge in [-0.25, -0.2) is 4.39 Å². The average molecular weight is 143 g/mol. The number of hydrogen-bond acceptors (Lipinski definition) is 1. The first kappa shape index (κ1) is 9.37. The molecule has 58 valence electrons. The molecule has 0 amide bonds. The fourth-order valence-electron chi connectivity index (χ4n) is 0.507. The van der Waals surface area contributed by atoms with Gasteiger partial charge in [-0.1, -0.05) is 13.0 Å². The third-order valence-corrected chi connectivity index (χ3v) is 0.958. The molecule has 0 aromatic rings. The van der Waals surface area contributed by atoms with Gasteiger partial charge in [0.15, 0.2) is 0 Å². The zero-order valence-corrected chi connectivity index (χ0v) is 6.47. The molecule has 2 heteroatoms. The van der Waals surface area contributed by atoms with Gasteiger partial charge in [-0.3, -0.25) is 0 Å². The van der Waals surface area contributed by atoms with Gasteiger partial charge in [-0.05, 0) is 25.5 Å². The average Bonchev–Trinajstić information content (AvgIpc) is 1.85. The van der Waals surface area contributed by atoms with Crippen LogP contribution in [0.3, 0.4) is 0 Å². The van der Waals surface area contributed by atoms with E-state index in [0.29, 0.717) is 0 Å². The Morgan fingerprint density at radius 2 is 2.30 bits per heavy atom. The van der Waals surface area contributed by atoms with Crippen molar-refractivity contribution in [3.8, 4) is 0 Å². The second-order valence-corrected chi connectivity index (χ2v) is 2.22. The monoisotopic (exact) mass is 143 g/mol. The van der Waals surface area contributed by atoms with Crippen LogP contribution >= 0.6 is 0 Å². The summed E-state index contributed by atoms with van der Waals surface area (Å²) in [4.78, 5) is 0. The Bertz CT molecular complexity index is 136. The lowest BCUT2D eigenvalue weighted by Gasteiger charge is -1.92. The lowest BCUT2D eigenvalue weighted by Crippen LogP contribution is -2.09. The van der Waals surface area contributed by atoms with Crippen LogP contribution in [0.5, 0.6) is 0 Å². The van der Waals surface area contributed by atoms with E-state index in [0.717, 1.165) is 6.42 Å². The van der Waals surface area contributed by atoms with E-state index in [1.165, 1.54) is 12.2 Å². The van der Waals surface area contributed by atoms with Crippen LogP contribution < -0.4 is 5.73 Å². The molecule has 0 saturated heterocycles. The van der Waals surface area contributed by atoms with Crippen molar-refractivity contribution in [2.75, 3.05) is 0 Å². The summed E-state index contributed by atoms with van der Waals surface area (Å²) in [6, 6.07) is -0.0731. The standard InChI is InChI=1S/C8H14FN/c1-3-4-8(9)6-5-7(2)10/h4-7H,3,10H2,1-2H3/b6-5-,8-4+. The summed E-state index contributed by atoms with van der Waals surface area (Å²) in [7, 11) is 0. The zero-order chi connectivity index (χ0) is 7.98. The molecule has 1 nitrogen and oxygen atoms in total. The zero-order valence-electron chi connectivity index (χ0n) is 6.47. The van der Waals surface area contributed by atoms with Gasteiger partial charge in [0.2, 0.25) is 0 Å². The van der Waals surface area contributed by atoms with Crippen LogP contribution in [0, 0.1) is 0 Å². The van der Waals surface area contributed by atoms with Crippen molar-refractivity contribution in [3.05, 3.63) is 24.1 Å². The van der Waals surface area contributed by atoms with Crippen molar-refractivity contribution in [1.82, 2.24) is 0 Å². The van der Waals surface area contributed by atoms with Crippen LogP contribution in [0.25, 0.3) is 0 Å². The summed E-state index contributed by atoms with van der Waals surface area (Å²) in [5.41, 5.74) is 5.36. The molecular weight excluding hydrogens is 129 g/mol. The minimum Gasteiger partial charge on any atom is -0.325 e. The van der Waals surface area contributed by atoms with E-state index in [1.807, 2.05) is 6.92 Å². The van der Waals surface area contributed by atoms with Crippen LogP contribution in [0.1, 0.15) is 20.3 Å². The normalized spacial score (nSPS) is 16.2. The summed E-state index contributed by atoms with van der Waals surface area (Å²) in [5.74, 6) is -0.209. The minimum atomic E-state index is -0.209. The fraction of sp³-hybridized carbons (Fsp3) is 0.500. The Hall–Kier alpha value is -0.630. The molecule has 0 aliphatic rings. The van der Waals surface area contributed by atoms with Gasteiger partial charge in [-0.15, -0.1) is 0 Å². The second kappa shape index (κ2) is 5.18. The SMILES string of the molecule is CC/C=C(F)\C=C/C(C)N. The molecule has 0 aromatic heterocycles. The molecule has 0 aromatic carbocycles. The van der Waals surface area contributed by atoms with Crippen molar-refractivity contribution in [2.45, 2.75) is 26.3 Å². The second-order valence-electron chi connectivity index (χ2n) is 2.22. The first-order valence-corrected chi connectivity index (χ1v) is 3.46. The minimum absolute atomic E-state index is 0.0731. The van der Waals surface area contributed by atoms with Gasteiger partial charge in [0.25, 0.3) is 0 Å². The van der Waals surface area contributed by atoms with E-state index in [2.05, 4.69) is 0 Å². The van der Waals surface area contributed by atoms with E-state index in [9.17, 15) is 4.39 Å². The molecule has 2 N–H and O–H groups in total. The predicted molar refractivity (Wildman–Crippen MR) is 42.3 cm³/mol. The highest BCUT2D eigenvalue weighted by Crippen LogP contribution is 1.99. The van der Waals surface area contributed by atoms with E-state index < -0.39 is 0 Å². The van der Waals surface area contributed by atoms with Gasteiger partial charge in [-0.2, -0.15) is 0 Å². The molecule has 0 fully saturated rings. The van der Waals surface area contributed by atoms with Gasteiger partial charge in [0, 0.05) is 6.04 Å². The fourth-order valence-corrected chi connectivity index (χ4v) is 0.507. The molecule has 0 heterocycles. The number of nitrogens with two attached hydrogens (primary N) is 1. The van der Waals surface area contributed by atoms with Crippen molar-refractivity contribution in [1.29, 1.82) is 0 Å². The Kier molecular flexibility index (Phi) is 4.85. The van der Waals surface area contributed by atoms with Crippen LogP contribution in [-0.2, 0) is 0 Å². The molecule has 0 bridgehead atoms. The molecular formula is C8H14FN. The Morgan fingerprint density at radius 3 is 2.70 bits per heavy atom. The van der Waals surface area contributed by atoms with Crippen molar-refractivity contribution >= 4 is 0 Å². The van der Waals surface area contributed by atoms with Crippen LogP contribution in [0.2, 0.25) is 0 Å². The first-order valence-electron chi connectivity index (χ1n) is 3.46. The highest BCUT2D eigenvalue weighted by Gasteiger charge is 1.86. The van der Waals surface area contributed by atoms with Crippen molar-refractivity contribution in [3.63, 3.8) is 0 Å². The predicted octanol–water partition coefficient (Wildman–Crippen LogP) is 2.15. The maximum atomic E-state index is 12.5. The Morgan fingerprint density at radius 1 is 1.70 bits per heavy atom. The molecule has 0 spiro atoms. The van der Waals surface area contributed by atoms with Crippen molar-refractivity contribution < 1.29 is 4.39 Å². The summed E-state index contributed by atoms with van der Waals surface area (Å²) in [6.45, 7) is 3.69. The largest absolute Gasteiger partial charge is 0.325 e. The number of allylic oxidation sites excluding steroid dienone is 3. The summed E-state index contributed by atoms with van der Waals surface area (Å²) >= 11 is 0. The highest BCUT2D eigenvalue weighted by molar-refractivity contribution is 5.12. The molecule has 0 rings (SSSR count).